The van der Waals surface area contributed by atoms with E-state index in [9.17, 15) is 19.7 Å². The normalized spacial score (nSPS) is 9.86. The molecule has 0 saturated carbocycles. The highest BCUT2D eigenvalue weighted by atomic mass is 79.9. The topological polar surface area (TPSA) is 125 Å². The molecule has 0 spiro atoms. The minimum Gasteiger partial charge on any atom is -0.332 e. The molecule has 0 aliphatic rings. The molecule has 0 aromatic heterocycles. The molecular formula is C17H14BrN5O4S2. The van der Waals surface area contributed by atoms with Gasteiger partial charge in [-0.1, -0.05) is 0 Å². The molecule has 0 unspecified atom stereocenters. The maximum atomic E-state index is 12.4. The molecular weight excluding hydrogens is 482 g/mol. The smallest absolute Gasteiger partial charge is 0.270 e. The van der Waals surface area contributed by atoms with Gasteiger partial charge in [-0.25, -0.2) is 0 Å². The van der Waals surface area contributed by atoms with Crippen molar-refractivity contribution in [1.29, 1.82) is 0 Å². The van der Waals surface area contributed by atoms with Crippen molar-refractivity contribution in [2.24, 2.45) is 0 Å². The van der Waals surface area contributed by atoms with Crippen LogP contribution in [0.4, 0.5) is 17.1 Å². The summed E-state index contributed by atoms with van der Waals surface area (Å²) in [7, 11) is 0. The van der Waals surface area contributed by atoms with E-state index >= 15 is 0 Å². The Morgan fingerprint density at radius 2 is 1.48 bits per heavy atom. The summed E-state index contributed by atoms with van der Waals surface area (Å²) in [6.07, 6.45) is 0. The summed E-state index contributed by atoms with van der Waals surface area (Å²) in [6, 6.07) is 10.6. The molecule has 2 amide bonds. The summed E-state index contributed by atoms with van der Waals surface area (Å²) in [4.78, 5) is 33.6. The van der Waals surface area contributed by atoms with Crippen LogP contribution in [0.15, 0.2) is 46.9 Å². The molecule has 0 radical (unpaired) electrons. The number of carbonyl (C=O) groups is 2. The first kappa shape index (κ1) is 22.3. The number of nitro benzene ring substituents is 1. The Morgan fingerprint density at radius 1 is 0.966 bits per heavy atom. The fourth-order valence-electron chi connectivity index (χ4n) is 2.09. The Hall–Kier alpha value is -2.96. The number of hydrogen-bond donors (Lipinski definition) is 4. The first-order chi connectivity index (χ1) is 13.7. The Kier molecular flexibility index (Phi) is 7.70. The van der Waals surface area contributed by atoms with Gasteiger partial charge in [0.25, 0.3) is 11.6 Å². The number of halogens is 1. The van der Waals surface area contributed by atoms with Gasteiger partial charge in [-0.15, -0.1) is 0 Å². The number of carbonyl (C=O) groups excluding carboxylic acids is 2. The first-order valence-corrected chi connectivity index (χ1v) is 9.51. The van der Waals surface area contributed by atoms with Gasteiger partial charge in [0.1, 0.15) is 0 Å². The molecule has 2 aromatic carbocycles. The van der Waals surface area contributed by atoms with Gasteiger partial charge < -0.3 is 16.0 Å². The highest BCUT2D eigenvalue weighted by Gasteiger charge is 2.16. The first-order valence-electron chi connectivity index (χ1n) is 7.90. The minimum absolute atomic E-state index is 0.0166. The molecule has 0 fully saturated rings. The van der Waals surface area contributed by atoms with E-state index in [0.29, 0.717) is 15.8 Å². The molecule has 12 heteroatoms. The molecule has 0 saturated heterocycles. The number of anilines is 2. The van der Waals surface area contributed by atoms with Crippen molar-refractivity contribution in [2.75, 3.05) is 10.6 Å². The standard InChI is InChI=1S/C17H14BrN5O4S2/c1-9(24)19-16(28)20-10-2-4-11(5-3-10)21-17(29)22-15(25)13-8-12(23(26)27)6-7-14(13)18/h2-8H,1H3,(H2,19,20,24,28)(H2,21,22,25,29). The zero-order valence-electron chi connectivity index (χ0n) is 14.8. The zero-order chi connectivity index (χ0) is 21.6. The number of thiocarbonyl (C=S) groups is 2. The van der Waals surface area contributed by atoms with Gasteiger partial charge in [-0.2, -0.15) is 0 Å². The average Bonchev–Trinajstić information content (AvgIpc) is 2.62. The van der Waals surface area contributed by atoms with Gasteiger partial charge in [0.15, 0.2) is 10.2 Å². The maximum Gasteiger partial charge on any atom is 0.270 e. The van der Waals surface area contributed by atoms with Gasteiger partial charge in [0, 0.05) is 34.9 Å². The Labute approximate surface area is 184 Å². The molecule has 9 nitrogen and oxygen atoms in total. The van der Waals surface area contributed by atoms with Crippen molar-refractivity contribution in [3.63, 3.8) is 0 Å². The summed E-state index contributed by atoms with van der Waals surface area (Å²) in [5.74, 6) is -0.880. The Morgan fingerprint density at radius 3 is 1.97 bits per heavy atom. The summed E-state index contributed by atoms with van der Waals surface area (Å²) >= 11 is 13.3. The predicted molar refractivity (Wildman–Crippen MR) is 121 cm³/mol. The molecule has 0 atom stereocenters. The van der Waals surface area contributed by atoms with Crippen LogP contribution in [0, 0.1) is 10.1 Å². The van der Waals surface area contributed by atoms with Crippen molar-refractivity contribution in [3.05, 3.63) is 62.6 Å². The third-order valence-electron chi connectivity index (χ3n) is 3.32. The molecule has 2 aromatic rings. The summed E-state index contributed by atoms with van der Waals surface area (Å²) < 4.78 is 0.397. The third-order valence-corrected chi connectivity index (χ3v) is 4.42. The molecule has 0 aliphatic heterocycles. The molecule has 2 rings (SSSR count). The molecule has 150 valence electrons. The lowest BCUT2D eigenvalue weighted by Gasteiger charge is -2.12. The van der Waals surface area contributed by atoms with Crippen LogP contribution in [-0.2, 0) is 4.79 Å². The lowest BCUT2D eigenvalue weighted by atomic mass is 10.2. The predicted octanol–water partition coefficient (Wildman–Crippen LogP) is 3.32. The summed E-state index contributed by atoms with van der Waals surface area (Å²) in [5, 5.41) is 21.6. The van der Waals surface area contributed by atoms with E-state index < -0.39 is 10.8 Å². The van der Waals surface area contributed by atoms with Crippen LogP contribution < -0.4 is 21.3 Å². The van der Waals surface area contributed by atoms with E-state index in [-0.39, 0.29) is 27.4 Å². The summed E-state index contributed by atoms with van der Waals surface area (Å²) in [6.45, 7) is 1.35. The zero-order valence-corrected chi connectivity index (χ0v) is 18.0. The number of nitro groups is 1. The van der Waals surface area contributed by atoms with E-state index in [1.807, 2.05) is 0 Å². The minimum atomic E-state index is -0.600. The van der Waals surface area contributed by atoms with Gasteiger partial charge >= 0.3 is 0 Å². The van der Waals surface area contributed by atoms with Crippen molar-refractivity contribution >= 4 is 79.5 Å². The summed E-state index contributed by atoms with van der Waals surface area (Å²) in [5.41, 5.74) is 1.10. The molecule has 29 heavy (non-hydrogen) atoms. The van der Waals surface area contributed by atoms with Gasteiger partial charge in [0.05, 0.1) is 10.5 Å². The van der Waals surface area contributed by atoms with Crippen LogP contribution in [0.1, 0.15) is 17.3 Å². The van der Waals surface area contributed by atoms with Crippen LogP contribution in [-0.4, -0.2) is 27.0 Å². The second-order valence-electron chi connectivity index (χ2n) is 5.54. The fourth-order valence-corrected chi connectivity index (χ4v) is 2.99. The van der Waals surface area contributed by atoms with Crippen LogP contribution in [0.2, 0.25) is 0 Å². The molecule has 0 bridgehead atoms. The van der Waals surface area contributed by atoms with Crippen LogP contribution >= 0.6 is 40.4 Å². The quantitative estimate of drug-likeness (QED) is 0.289. The van der Waals surface area contributed by atoms with E-state index in [2.05, 4.69) is 37.2 Å². The number of rotatable bonds is 4. The number of hydrogen-bond acceptors (Lipinski definition) is 6. The average molecular weight is 496 g/mol. The second kappa shape index (κ2) is 10.0. The SMILES string of the molecule is CC(=O)NC(=S)Nc1ccc(NC(=S)NC(=O)c2cc([N+](=O)[O-])ccc2Br)cc1. The van der Waals surface area contributed by atoms with Crippen LogP contribution in [0.25, 0.3) is 0 Å². The van der Waals surface area contributed by atoms with E-state index in [4.69, 9.17) is 24.4 Å². The maximum absolute atomic E-state index is 12.4. The number of nitrogens with zero attached hydrogens (tertiary/aromatic N) is 1. The van der Waals surface area contributed by atoms with E-state index in [0.717, 1.165) is 6.07 Å². The molecule has 0 heterocycles. The number of amides is 2. The Balaban J connectivity index is 1.98. The Bertz CT molecular complexity index is 998. The monoisotopic (exact) mass is 495 g/mol. The van der Waals surface area contributed by atoms with Crippen molar-refractivity contribution in [3.8, 4) is 0 Å². The highest BCUT2D eigenvalue weighted by molar-refractivity contribution is 9.10. The third kappa shape index (κ3) is 6.85. The van der Waals surface area contributed by atoms with Crippen LogP contribution in [0.3, 0.4) is 0 Å². The number of non-ortho nitro benzene ring substituents is 1. The second-order valence-corrected chi connectivity index (χ2v) is 7.21. The van der Waals surface area contributed by atoms with Crippen LogP contribution in [0.5, 0.6) is 0 Å². The van der Waals surface area contributed by atoms with E-state index in [1.165, 1.54) is 19.1 Å². The van der Waals surface area contributed by atoms with Crippen molar-refractivity contribution in [1.82, 2.24) is 10.6 Å². The van der Waals surface area contributed by atoms with Gasteiger partial charge in [0.2, 0.25) is 5.91 Å². The fraction of sp³-hybridized carbons (Fsp3) is 0.0588. The lowest BCUT2D eigenvalue weighted by molar-refractivity contribution is -0.384. The number of benzene rings is 2. The van der Waals surface area contributed by atoms with Crippen molar-refractivity contribution in [2.45, 2.75) is 6.92 Å². The molecule has 0 aliphatic carbocycles. The number of nitrogens with one attached hydrogen (secondary N) is 4. The van der Waals surface area contributed by atoms with E-state index in [1.54, 1.807) is 24.3 Å². The highest BCUT2D eigenvalue weighted by Crippen LogP contribution is 2.22. The van der Waals surface area contributed by atoms with Gasteiger partial charge in [-0.3, -0.25) is 25.0 Å². The lowest BCUT2D eigenvalue weighted by Crippen LogP contribution is -2.34. The van der Waals surface area contributed by atoms with Gasteiger partial charge in [-0.05, 0) is 70.7 Å². The largest absolute Gasteiger partial charge is 0.332 e. The van der Waals surface area contributed by atoms with Crippen molar-refractivity contribution < 1.29 is 14.5 Å². The molecule has 4 N–H and O–H groups in total.